The molecule has 1 atom stereocenters. The van der Waals surface area contributed by atoms with E-state index in [2.05, 4.69) is 4.98 Å². The standard InChI is InChI=1S/C12H11FN2O3/c13-7-3-4-10-8(6-7)14-12(18-10)15-5-1-2-9(15)11(16)17/h3-4,6,9H,1-2,5H2,(H,16,17)/t9-/m1/s1. The number of hydrogen-bond donors (Lipinski definition) is 1. The summed E-state index contributed by atoms with van der Waals surface area (Å²) in [5.41, 5.74) is 0.864. The van der Waals surface area contributed by atoms with Crippen LogP contribution in [0.15, 0.2) is 22.6 Å². The number of anilines is 1. The number of aromatic nitrogens is 1. The fourth-order valence-electron chi connectivity index (χ4n) is 2.26. The second-order valence-corrected chi connectivity index (χ2v) is 4.30. The molecule has 0 aliphatic carbocycles. The van der Waals surface area contributed by atoms with Gasteiger partial charge in [0.15, 0.2) is 5.58 Å². The summed E-state index contributed by atoms with van der Waals surface area (Å²) in [5, 5.41) is 9.09. The van der Waals surface area contributed by atoms with Gasteiger partial charge in [0.05, 0.1) is 0 Å². The zero-order valence-electron chi connectivity index (χ0n) is 9.47. The minimum Gasteiger partial charge on any atom is -0.480 e. The summed E-state index contributed by atoms with van der Waals surface area (Å²) in [6.07, 6.45) is 1.35. The Morgan fingerprint density at radius 1 is 1.56 bits per heavy atom. The van der Waals surface area contributed by atoms with Crippen LogP contribution >= 0.6 is 0 Å². The van der Waals surface area contributed by atoms with Crippen LogP contribution in [0.4, 0.5) is 10.4 Å². The number of hydrogen-bond acceptors (Lipinski definition) is 4. The molecule has 0 saturated carbocycles. The molecule has 2 heterocycles. The monoisotopic (exact) mass is 250 g/mol. The highest BCUT2D eigenvalue weighted by Crippen LogP contribution is 2.28. The molecule has 0 bridgehead atoms. The molecule has 18 heavy (non-hydrogen) atoms. The Balaban J connectivity index is 2.01. The average molecular weight is 250 g/mol. The number of oxazole rings is 1. The van der Waals surface area contributed by atoms with E-state index >= 15 is 0 Å². The zero-order chi connectivity index (χ0) is 12.7. The molecule has 2 aromatic rings. The maximum Gasteiger partial charge on any atom is 0.326 e. The van der Waals surface area contributed by atoms with E-state index in [-0.39, 0.29) is 6.01 Å². The Hall–Kier alpha value is -2.11. The molecule has 3 rings (SSSR count). The van der Waals surface area contributed by atoms with Gasteiger partial charge in [0, 0.05) is 12.6 Å². The molecule has 0 unspecified atom stereocenters. The molecule has 94 valence electrons. The zero-order valence-corrected chi connectivity index (χ0v) is 9.47. The lowest BCUT2D eigenvalue weighted by molar-refractivity contribution is -0.138. The third kappa shape index (κ3) is 1.70. The number of carboxylic acids is 1. The van der Waals surface area contributed by atoms with Crippen molar-refractivity contribution in [3.63, 3.8) is 0 Å². The number of nitrogens with zero attached hydrogens (tertiary/aromatic N) is 2. The van der Waals surface area contributed by atoms with Crippen molar-refractivity contribution in [2.24, 2.45) is 0 Å². The highest BCUT2D eigenvalue weighted by Gasteiger charge is 2.33. The molecule has 5 nitrogen and oxygen atoms in total. The van der Waals surface area contributed by atoms with Crippen LogP contribution in [0.3, 0.4) is 0 Å². The van der Waals surface area contributed by atoms with Crippen LogP contribution < -0.4 is 4.90 Å². The number of carboxylic acid groups (broad SMARTS) is 1. The third-order valence-corrected chi connectivity index (χ3v) is 3.12. The fraction of sp³-hybridized carbons (Fsp3) is 0.333. The SMILES string of the molecule is O=C(O)[C@H]1CCCN1c1nc2cc(F)ccc2o1. The highest BCUT2D eigenvalue weighted by molar-refractivity contribution is 5.79. The van der Waals surface area contributed by atoms with Gasteiger partial charge in [-0.1, -0.05) is 0 Å². The van der Waals surface area contributed by atoms with E-state index in [0.717, 1.165) is 6.42 Å². The van der Waals surface area contributed by atoms with Crippen LogP contribution in [0.1, 0.15) is 12.8 Å². The smallest absolute Gasteiger partial charge is 0.326 e. The van der Waals surface area contributed by atoms with E-state index in [1.165, 1.54) is 18.2 Å². The van der Waals surface area contributed by atoms with Crippen molar-refractivity contribution >= 4 is 23.1 Å². The van der Waals surface area contributed by atoms with Crippen molar-refractivity contribution in [1.29, 1.82) is 0 Å². The predicted molar refractivity (Wildman–Crippen MR) is 62.0 cm³/mol. The van der Waals surface area contributed by atoms with E-state index in [1.54, 1.807) is 4.90 Å². The molecule has 0 radical (unpaired) electrons. The van der Waals surface area contributed by atoms with Crippen LogP contribution in [0.2, 0.25) is 0 Å². The predicted octanol–water partition coefficient (Wildman–Crippen LogP) is 2.02. The van der Waals surface area contributed by atoms with Crippen LogP contribution in [0.5, 0.6) is 0 Å². The number of benzene rings is 1. The van der Waals surface area contributed by atoms with Crippen LogP contribution in [-0.4, -0.2) is 28.6 Å². The first-order chi connectivity index (χ1) is 8.65. The third-order valence-electron chi connectivity index (χ3n) is 3.12. The summed E-state index contributed by atoms with van der Waals surface area (Å²) in [7, 11) is 0. The fourth-order valence-corrected chi connectivity index (χ4v) is 2.26. The number of aliphatic carboxylic acids is 1. The largest absolute Gasteiger partial charge is 0.480 e. The maximum absolute atomic E-state index is 13.0. The summed E-state index contributed by atoms with van der Waals surface area (Å²) in [4.78, 5) is 16.8. The van der Waals surface area contributed by atoms with Gasteiger partial charge in [-0.2, -0.15) is 4.98 Å². The Morgan fingerprint density at radius 2 is 2.39 bits per heavy atom. The molecule has 0 spiro atoms. The van der Waals surface area contributed by atoms with Crippen molar-refractivity contribution in [3.8, 4) is 0 Å². The van der Waals surface area contributed by atoms with Gasteiger partial charge in [0.1, 0.15) is 17.4 Å². The Bertz CT molecular complexity index is 610. The molecule has 1 aliphatic heterocycles. The number of halogens is 1. The number of fused-ring (bicyclic) bond motifs is 1. The van der Waals surface area contributed by atoms with Crippen LogP contribution in [-0.2, 0) is 4.79 Å². The van der Waals surface area contributed by atoms with Gasteiger partial charge in [0.2, 0.25) is 0 Å². The molecule has 1 N–H and O–H groups in total. The molecular weight excluding hydrogens is 239 g/mol. The maximum atomic E-state index is 13.0. The Kier molecular flexibility index (Phi) is 2.43. The quantitative estimate of drug-likeness (QED) is 0.883. The highest BCUT2D eigenvalue weighted by atomic mass is 19.1. The summed E-state index contributed by atoms with van der Waals surface area (Å²) in [6, 6.07) is 3.69. The van der Waals surface area contributed by atoms with Gasteiger partial charge < -0.3 is 14.4 Å². The number of carbonyl (C=O) groups is 1. The van der Waals surface area contributed by atoms with Crippen molar-refractivity contribution in [2.45, 2.75) is 18.9 Å². The van der Waals surface area contributed by atoms with Gasteiger partial charge in [-0.25, -0.2) is 9.18 Å². The van der Waals surface area contributed by atoms with E-state index < -0.39 is 17.8 Å². The van der Waals surface area contributed by atoms with E-state index in [1.807, 2.05) is 0 Å². The molecule has 1 saturated heterocycles. The van der Waals surface area contributed by atoms with Gasteiger partial charge in [-0.05, 0) is 25.0 Å². The minimum atomic E-state index is -0.888. The molecule has 6 heteroatoms. The lowest BCUT2D eigenvalue weighted by Gasteiger charge is -2.18. The molecule has 1 aliphatic rings. The van der Waals surface area contributed by atoms with E-state index in [0.29, 0.717) is 24.1 Å². The van der Waals surface area contributed by atoms with Crippen LogP contribution in [0.25, 0.3) is 11.1 Å². The van der Waals surface area contributed by atoms with Crippen LogP contribution in [0, 0.1) is 5.82 Å². The topological polar surface area (TPSA) is 66.6 Å². The van der Waals surface area contributed by atoms with Gasteiger partial charge in [-0.3, -0.25) is 0 Å². The summed E-state index contributed by atoms with van der Waals surface area (Å²) < 4.78 is 18.5. The Morgan fingerprint density at radius 3 is 3.17 bits per heavy atom. The van der Waals surface area contributed by atoms with Gasteiger partial charge in [-0.15, -0.1) is 0 Å². The second-order valence-electron chi connectivity index (χ2n) is 4.30. The molecule has 1 fully saturated rings. The summed E-state index contributed by atoms with van der Waals surface area (Å²) in [5.74, 6) is -1.28. The second kappa shape index (κ2) is 3.97. The summed E-state index contributed by atoms with van der Waals surface area (Å²) >= 11 is 0. The number of rotatable bonds is 2. The van der Waals surface area contributed by atoms with Crippen molar-refractivity contribution < 1.29 is 18.7 Å². The van der Waals surface area contributed by atoms with E-state index in [4.69, 9.17) is 9.52 Å². The minimum absolute atomic E-state index is 0.250. The molecule has 1 aromatic carbocycles. The van der Waals surface area contributed by atoms with Crippen molar-refractivity contribution in [2.75, 3.05) is 11.4 Å². The van der Waals surface area contributed by atoms with Gasteiger partial charge >= 0.3 is 5.97 Å². The first-order valence-electron chi connectivity index (χ1n) is 5.71. The van der Waals surface area contributed by atoms with E-state index in [9.17, 15) is 9.18 Å². The average Bonchev–Trinajstić information content (AvgIpc) is 2.93. The lowest BCUT2D eigenvalue weighted by atomic mass is 10.2. The van der Waals surface area contributed by atoms with Crippen molar-refractivity contribution in [1.82, 2.24) is 4.98 Å². The summed E-state index contributed by atoms with van der Waals surface area (Å²) in [6.45, 7) is 0.590. The first-order valence-corrected chi connectivity index (χ1v) is 5.71. The first kappa shape index (κ1) is 11.0. The van der Waals surface area contributed by atoms with Crippen molar-refractivity contribution in [3.05, 3.63) is 24.0 Å². The Labute approximate surface area is 102 Å². The molecule has 1 aromatic heterocycles. The lowest BCUT2D eigenvalue weighted by Crippen LogP contribution is -2.36. The van der Waals surface area contributed by atoms with Gasteiger partial charge in [0.25, 0.3) is 6.01 Å². The molecule has 0 amide bonds. The normalized spacial score (nSPS) is 19.6. The molecular formula is C12H11FN2O3.